The summed E-state index contributed by atoms with van der Waals surface area (Å²) in [4.78, 5) is 2.08. The van der Waals surface area contributed by atoms with E-state index in [-0.39, 0.29) is 5.57 Å². The molecule has 1 aliphatic rings. The Morgan fingerprint density at radius 2 is 1.72 bits per heavy atom. The van der Waals surface area contributed by atoms with E-state index < -0.39 is 0 Å². The van der Waals surface area contributed by atoms with E-state index in [2.05, 4.69) is 55.2 Å². The summed E-state index contributed by atoms with van der Waals surface area (Å²) in [7, 11) is 4.05. The summed E-state index contributed by atoms with van der Waals surface area (Å²) in [5, 5.41) is 18.4. The summed E-state index contributed by atoms with van der Waals surface area (Å²) >= 11 is 0. The lowest BCUT2D eigenvalue weighted by atomic mass is 9.78. The van der Waals surface area contributed by atoms with Crippen molar-refractivity contribution in [1.29, 1.82) is 10.5 Å². The van der Waals surface area contributed by atoms with Crippen LogP contribution in [0.15, 0.2) is 53.1 Å². The summed E-state index contributed by atoms with van der Waals surface area (Å²) in [6, 6.07) is 12.5. The van der Waals surface area contributed by atoms with Crippen molar-refractivity contribution in [2.75, 3.05) is 19.0 Å². The van der Waals surface area contributed by atoms with E-state index in [4.69, 9.17) is 0 Å². The molecule has 3 heteroatoms. The van der Waals surface area contributed by atoms with Crippen molar-refractivity contribution >= 4 is 11.8 Å². The molecule has 0 radical (unpaired) electrons. The standard InChI is InChI=1S/C22H25N3/c1-16(2)19-11-18(12-20(13-19)21(14-23)15-24)6-5-17-7-9-22(10-8-17)25(3)4/h5-10,12,16,19H,11,13H2,1-4H3/b6-5+/t19-/m1/s1. The fraction of sp³-hybridized carbons (Fsp3) is 0.364. The fourth-order valence-corrected chi connectivity index (χ4v) is 3.02. The van der Waals surface area contributed by atoms with E-state index in [1.54, 1.807) is 0 Å². The van der Waals surface area contributed by atoms with Crippen LogP contribution in [0, 0.1) is 34.5 Å². The Morgan fingerprint density at radius 3 is 2.24 bits per heavy atom. The third-order valence-electron chi connectivity index (χ3n) is 4.73. The van der Waals surface area contributed by atoms with E-state index in [1.165, 1.54) is 11.3 Å². The SMILES string of the molecule is CC(C)[C@@H]1CC(/C=C/c2ccc(N(C)C)cc2)=CC(=C(C#N)C#N)C1. The number of allylic oxidation sites excluding steroid dienone is 5. The third kappa shape index (κ3) is 4.85. The Balaban J connectivity index is 2.28. The van der Waals surface area contributed by atoms with E-state index in [9.17, 15) is 10.5 Å². The third-order valence-corrected chi connectivity index (χ3v) is 4.73. The van der Waals surface area contributed by atoms with Crippen molar-refractivity contribution in [1.82, 2.24) is 0 Å². The Labute approximate surface area is 151 Å². The first-order valence-electron chi connectivity index (χ1n) is 8.64. The Kier molecular flexibility index (Phi) is 6.20. The van der Waals surface area contributed by atoms with E-state index >= 15 is 0 Å². The number of hydrogen-bond donors (Lipinski definition) is 0. The Bertz CT molecular complexity index is 762. The van der Waals surface area contributed by atoms with Crippen LogP contribution >= 0.6 is 0 Å². The van der Waals surface area contributed by atoms with Gasteiger partial charge in [-0.3, -0.25) is 0 Å². The summed E-state index contributed by atoms with van der Waals surface area (Å²) in [6.07, 6.45) is 8.03. The number of rotatable bonds is 4. The van der Waals surface area contributed by atoms with Crippen molar-refractivity contribution in [3.8, 4) is 12.1 Å². The predicted octanol–water partition coefficient (Wildman–Crippen LogP) is 5.10. The molecule has 0 unspecified atom stereocenters. The maximum absolute atomic E-state index is 9.19. The summed E-state index contributed by atoms with van der Waals surface area (Å²) in [5.74, 6) is 0.984. The zero-order chi connectivity index (χ0) is 18.4. The average molecular weight is 331 g/mol. The smallest absolute Gasteiger partial charge is 0.132 e. The molecule has 128 valence electrons. The lowest BCUT2D eigenvalue weighted by Crippen LogP contribution is -2.14. The summed E-state index contributed by atoms with van der Waals surface area (Å²) in [5.41, 5.74) is 4.61. The first-order valence-corrected chi connectivity index (χ1v) is 8.64. The molecule has 0 aliphatic heterocycles. The quantitative estimate of drug-likeness (QED) is 0.721. The lowest BCUT2D eigenvalue weighted by Gasteiger charge is -2.26. The molecule has 0 aromatic heterocycles. The Morgan fingerprint density at radius 1 is 1.08 bits per heavy atom. The molecular weight excluding hydrogens is 306 g/mol. The predicted molar refractivity (Wildman–Crippen MR) is 104 cm³/mol. The van der Waals surface area contributed by atoms with Gasteiger partial charge in [-0.1, -0.05) is 44.2 Å². The number of hydrogen-bond acceptors (Lipinski definition) is 3. The van der Waals surface area contributed by atoms with Crippen LogP contribution in [0.3, 0.4) is 0 Å². The minimum atomic E-state index is 0.242. The summed E-state index contributed by atoms with van der Waals surface area (Å²) < 4.78 is 0. The van der Waals surface area contributed by atoms with Crippen molar-refractivity contribution in [3.63, 3.8) is 0 Å². The molecule has 1 aliphatic carbocycles. The molecule has 0 saturated heterocycles. The molecule has 0 amide bonds. The largest absolute Gasteiger partial charge is 0.378 e. The van der Waals surface area contributed by atoms with Crippen molar-refractivity contribution < 1.29 is 0 Å². The number of anilines is 1. The van der Waals surface area contributed by atoms with Crippen LogP contribution < -0.4 is 4.90 Å². The minimum absolute atomic E-state index is 0.242. The molecule has 0 saturated carbocycles. The molecule has 1 aromatic carbocycles. The first-order chi connectivity index (χ1) is 11.9. The van der Waals surface area contributed by atoms with Gasteiger partial charge in [0.05, 0.1) is 0 Å². The summed E-state index contributed by atoms with van der Waals surface area (Å²) in [6.45, 7) is 4.40. The zero-order valence-corrected chi connectivity index (χ0v) is 15.5. The molecule has 0 heterocycles. The van der Waals surface area contributed by atoms with Gasteiger partial charge in [0.1, 0.15) is 17.7 Å². The van der Waals surface area contributed by atoms with Crippen molar-refractivity contribution in [3.05, 3.63) is 58.7 Å². The van der Waals surface area contributed by atoms with Crippen LogP contribution in [0.5, 0.6) is 0 Å². The average Bonchev–Trinajstić information content (AvgIpc) is 2.61. The normalized spacial score (nSPS) is 17.2. The van der Waals surface area contributed by atoms with Gasteiger partial charge in [0, 0.05) is 19.8 Å². The highest BCUT2D eigenvalue weighted by atomic mass is 15.1. The van der Waals surface area contributed by atoms with Crippen molar-refractivity contribution in [2.45, 2.75) is 26.7 Å². The molecule has 1 aromatic rings. The highest BCUT2D eigenvalue weighted by Gasteiger charge is 2.22. The van der Waals surface area contributed by atoms with Crippen LogP contribution in [0.4, 0.5) is 5.69 Å². The second-order valence-electron chi connectivity index (χ2n) is 7.07. The topological polar surface area (TPSA) is 50.8 Å². The Hall–Kier alpha value is -2.78. The molecule has 0 bridgehead atoms. The molecule has 2 rings (SSSR count). The molecule has 0 fully saturated rings. The fourth-order valence-electron chi connectivity index (χ4n) is 3.02. The number of nitriles is 2. The van der Waals surface area contributed by atoms with Gasteiger partial charge in [0.15, 0.2) is 0 Å². The molecule has 0 spiro atoms. The van der Waals surface area contributed by atoms with Gasteiger partial charge in [0.25, 0.3) is 0 Å². The second-order valence-corrected chi connectivity index (χ2v) is 7.07. The van der Waals surface area contributed by atoms with Crippen LogP contribution in [0.2, 0.25) is 0 Å². The highest BCUT2D eigenvalue weighted by Crippen LogP contribution is 2.35. The number of nitrogens with zero attached hydrogens (tertiary/aromatic N) is 3. The maximum Gasteiger partial charge on any atom is 0.132 e. The van der Waals surface area contributed by atoms with Crippen LogP contribution in [-0.4, -0.2) is 14.1 Å². The van der Waals surface area contributed by atoms with Gasteiger partial charge in [-0.2, -0.15) is 10.5 Å². The van der Waals surface area contributed by atoms with Gasteiger partial charge in [-0.05, 0) is 53.5 Å². The van der Waals surface area contributed by atoms with Gasteiger partial charge in [0.2, 0.25) is 0 Å². The molecule has 25 heavy (non-hydrogen) atoms. The lowest BCUT2D eigenvalue weighted by molar-refractivity contribution is 0.375. The van der Waals surface area contributed by atoms with Gasteiger partial charge >= 0.3 is 0 Å². The van der Waals surface area contributed by atoms with Gasteiger partial charge in [-0.25, -0.2) is 0 Å². The van der Waals surface area contributed by atoms with E-state index in [1.807, 2.05) is 32.3 Å². The molecular formula is C22H25N3. The first kappa shape index (κ1) is 18.6. The van der Waals surface area contributed by atoms with Crippen LogP contribution in [0.25, 0.3) is 6.08 Å². The van der Waals surface area contributed by atoms with E-state index in [0.717, 1.165) is 24.0 Å². The number of benzene rings is 1. The highest BCUT2D eigenvalue weighted by molar-refractivity contribution is 5.59. The molecule has 0 N–H and O–H groups in total. The van der Waals surface area contributed by atoms with E-state index in [0.29, 0.717) is 11.8 Å². The van der Waals surface area contributed by atoms with Gasteiger partial charge in [-0.15, -0.1) is 0 Å². The second kappa shape index (κ2) is 8.36. The maximum atomic E-state index is 9.19. The molecule has 1 atom stereocenters. The molecule has 3 nitrogen and oxygen atoms in total. The van der Waals surface area contributed by atoms with Crippen LogP contribution in [0.1, 0.15) is 32.3 Å². The van der Waals surface area contributed by atoms with Crippen LogP contribution in [-0.2, 0) is 0 Å². The van der Waals surface area contributed by atoms with Gasteiger partial charge < -0.3 is 4.90 Å². The minimum Gasteiger partial charge on any atom is -0.378 e. The monoisotopic (exact) mass is 331 g/mol. The zero-order valence-electron chi connectivity index (χ0n) is 15.5. The van der Waals surface area contributed by atoms with Crippen molar-refractivity contribution in [2.24, 2.45) is 11.8 Å².